The van der Waals surface area contributed by atoms with Crippen LogP contribution in [-0.4, -0.2) is 35.0 Å². The van der Waals surface area contributed by atoms with Gasteiger partial charge in [-0.15, -0.1) is 0 Å². The number of hydrogen-bond acceptors (Lipinski definition) is 5. The van der Waals surface area contributed by atoms with Gasteiger partial charge >= 0.3 is 0 Å². The van der Waals surface area contributed by atoms with Gasteiger partial charge in [0.25, 0.3) is 0 Å². The number of ether oxygens (including phenoxy) is 3. The molecule has 0 fully saturated rings. The van der Waals surface area contributed by atoms with Crippen LogP contribution in [0.5, 0.6) is 0 Å². The lowest BCUT2D eigenvalue weighted by Crippen LogP contribution is -2.35. The maximum Gasteiger partial charge on any atom is 0.232 e. The lowest BCUT2D eigenvalue weighted by Gasteiger charge is -2.22. The minimum atomic E-state index is -0.818. The van der Waals surface area contributed by atoms with Crippen molar-refractivity contribution in [1.29, 1.82) is 0 Å². The van der Waals surface area contributed by atoms with Crippen molar-refractivity contribution in [2.45, 2.75) is 38.6 Å². The van der Waals surface area contributed by atoms with Crippen molar-refractivity contribution < 1.29 is 24.4 Å². The van der Waals surface area contributed by atoms with E-state index in [2.05, 4.69) is 0 Å². The highest BCUT2D eigenvalue weighted by molar-refractivity contribution is 5.05. The molecule has 84 valence electrons. The van der Waals surface area contributed by atoms with Gasteiger partial charge in [-0.25, -0.2) is 0 Å². The molecular formula is C10H14O5. The molecule has 0 aromatic heterocycles. The second-order valence-corrected chi connectivity index (χ2v) is 3.64. The molecule has 0 amide bonds. The predicted molar refractivity (Wildman–Crippen MR) is 50.4 cm³/mol. The summed E-state index contributed by atoms with van der Waals surface area (Å²) in [6.07, 6.45) is -0.144. The summed E-state index contributed by atoms with van der Waals surface area (Å²) in [4.78, 5) is 0. The summed E-state index contributed by atoms with van der Waals surface area (Å²) in [6.45, 7) is 3.45. The number of aliphatic hydroxyl groups excluding tert-OH is 2. The fraction of sp³-hybridized carbons (Fsp3) is 0.600. The van der Waals surface area contributed by atoms with E-state index in [0.717, 1.165) is 0 Å². The zero-order chi connectivity index (χ0) is 11.0. The first-order valence-electron chi connectivity index (χ1n) is 4.78. The van der Waals surface area contributed by atoms with Gasteiger partial charge in [-0.05, 0) is 26.0 Å². The quantitative estimate of drug-likeness (QED) is 0.689. The van der Waals surface area contributed by atoms with E-state index in [1.807, 2.05) is 0 Å². The Hall–Kier alpha value is -1.04. The van der Waals surface area contributed by atoms with Crippen LogP contribution >= 0.6 is 0 Å². The molecule has 2 aliphatic heterocycles. The maximum absolute atomic E-state index is 9.49. The molecule has 5 heteroatoms. The largest absolute Gasteiger partial charge is 0.466 e. The van der Waals surface area contributed by atoms with Gasteiger partial charge < -0.3 is 19.7 Å². The third-order valence-electron chi connectivity index (χ3n) is 2.24. The van der Waals surface area contributed by atoms with E-state index >= 15 is 0 Å². The molecule has 0 saturated heterocycles. The summed E-state index contributed by atoms with van der Waals surface area (Å²) < 4.78 is 15.7. The van der Waals surface area contributed by atoms with Crippen LogP contribution < -0.4 is 0 Å². The first-order valence-corrected chi connectivity index (χ1v) is 4.78. The first-order chi connectivity index (χ1) is 7.06. The van der Waals surface area contributed by atoms with Gasteiger partial charge in [0.1, 0.15) is 12.2 Å². The summed E-state index contributed by atoms with van der Waals surface area (Å²) >= 11 is 0. The Bertz CT molecular complexity index is 279. The van der Waals surface area contributed by atoms with Crippen LogP contribution in [0.1, 0.15) is 13.8 Å². The molecule has 0 radical (unpaired) electrons. The van der Waals surface area contributed by atoms with E-state index in [4.69, 9.17) is 14.2 Å². The normalized spacial score (nSPS) is 39.5. The standard InChI is InChI=1S/C10H14O5/c1-5-3-7(11)9(13-5)15-10-8(12)4-6(2)14-10/h3-4,7-12H,1-2H3. The highest BCUT2D eigenvalue weighted by Crippen LogP contribution is 2.25. The van der Waals surface area contributed by atoms with Crippen LogP contribution in [0.3, 0.4) is 0 Å². The number of hydrogen-bond donors (Lipinski definition) is 2. The molecule has 5 nitrogen and oxygen atoms in total. The second-order valence-electron chi connectivity index (χ2n) is 3.64. The fourth-order valence-corrected chi connectivity index (χ4v) is 1.57. The molecule has 2 aliphatic rings. The lowest BCUT2D eigenvalue weighted by atomic mass is 10.3. The average Bonchev–Trinajstić information content (AvgIpc) is 2.58. The fourth-order valence-electron chi connectivity index (χ4n) is 1.57. The monoisotopic (exact) mass is 214 g/mol. The Morgan fingerprint density at radius 2 is 1.40 bits per heavy atom. The van der Waals surface area contributed by atoms with Crippen LogP contribution in [-0.2, 0) is 14.2 Å². The average molecular weight is 214 g/mol. The highest BCUT2D eigenvalue weighted by Gasteiger charge is 2.35. The Kier molecular flexibility index (Phi) is 2.68. The molecule has 15 heavy (non-hydrogen) atoms. The third kappa shape index (κ3) is 2.14. The van der Waals surface area contributed by atoms with Crippen molar-refractivity contribution in [3.63, 3.8) is 0 Å². The van der Waals surface area contributed by atoms with Crippen molar-refractivity contribution in [3.05, 3.63) is 23.7 Å². The SMILES string of the molecule is CC1=CC(O)C(OC2OC(C)=CC2O)O1. The van der Waals surface area contributed by atoms with E-state index < -0.39 is 24.8 Å². The van der Waals surface area contributed by atoms with Crippen LogP contribution in [0.4, 0.5) is 0 Å². The van der Waals surface area contributed by atoms with Crippen LogP contribution in [0.25, 0.3) is 0 Å². The molecule has 4 atom stereocenters. The van der Waals surface area contributed by atoms with Gasteiger partial charge in [0.05, 0.1) is 11.5 Å². The van der Waals surface area contributed by atoms with Gasteiger partial charge in [0.2, 0.25) is 12.6 Å². The van der Waals surface area contributed by atoms with Crippen LogP contribution in [0.2, 0.25) is 0 Å². The van der Waals surface area contributed by atoms with Crippen molar-refractivity contribution in [2.24, 2.45) is 0 Å². The number of rotatable bonds is 2. The molecule has 0 aromatic carbocycles. The van der Waals surface area contributed by atoms with Crippen molar-refractivity contribution in [3.8, 4) is 0 Å². The molecular weight excluding hydrogens is 200 g/mol. The molecule has 2 N–H and O–H groups in total. The van der Waals surface area contributed by atoms with E-state index in [0.29, 0.717) is 11.5 Å². The third-order valence-corrected chi connectivity index (χ3v) is 2.24. The Morgan fingerprint density at radius 1 is 1.00 bits per heavy atom. The van der Waals surface area contributed by atoms with Gasteiger partial charge in [-0.2, -0.15) is 0 Å². The van der Waals surface area contributed by atoms with E-state index in [9.17, 15) is 10.2 Å². The molecule has 0 aliphatic carbocycles. The smallest absolute Gasteiger partial charge is 0.232 e. The summed E-state index contributed by atoms with van der Waals surface area (Å²) in [5, 5.41) is 19.0. The van der Waals surface area contributed by atoms with Crippen LogP contribution in [0, 0.1) is 0 Å². The lowest BCUT2D eigenvalue weighted by molar-refractivity contribution is -0.247. The van der Waals surface area contributed by atoms with Crippen molar-refractivity contribution in [1.82, 2.24) is 0 Å². The maximum atomic E-state index is 9.49. The molecule has 0 spiro atoms. The van der Waals surface area contributed by atoms with Gasteiger partial charge in [-0.1, -0.05) is 0 Å². The van der Waals surface area contributed by atoms with Gasteiger partial charge in [0.15, 0.2) is 0 Å². The molecule has 0 aromatic rings. The summed E-state index contributed by atoms with van der Waals surface area (Å²) in [5.41, 5.74) is 0. The minimum absolute atomic E-state index is 0.602. The summed E-state index contributed by atoms with van der Waals surface area (Å²) in [5.74, 6) is 1.20. The van der Waals surface area contributed by atoms with Crippen LogP contribution in [0.15, 0.2) is 23.7 Å². The highest BCUT2D eigenvalue weighted by atomic mass is 16.8. The van der Waals surface area contributed by atoms with Gasteiger partial charge in [0, 0.05) is 0 Å². The molecule has 2 heterocycles. The van der Waals surface area contributed by atoms with E-state index in [-0.39, 0.29) is 0 Å². The first kappa shape index (κ1) is 10.5. The van der Waals surface area contributed by atoms with Crippen molar-refractivity contribution in [2.75, 3.05) is 0 Å². The number of aliphatic hydroxyl groups is 2. The second kappa shape index (κ2) is 3.84. The minimum Gasteiger partial charge on any atom is -0.466 e. The Balaban J connectivity index is 1.89. The topological polar surface area (TPSA) is 68.2 Å². The summed E-state index contributed by atoms with van der Waals surface area (Å²) in [6, 6.07) is 0. The molecule has 0 saturated carbocycles. The van der Waals surface area contributed by atoms with E-state index in [1.54, 1.807) is 26.0 Å². The molecule has 4 unspecified atom stereocenters. The van der Waals surface area contributed by atoms with Crippen molar-refractivity contribution >= 4 is 0 Å². The predicted octanol–water partition coefficient (Wildman–Crippen LogP) is 0.245. The summed E-state index contributed by atoms with van der Waals surface area (Å²) in [7, 11) is 0. The number of allylic oxidation sites excluding steroid dienone is 2. The van der Waals surface area contributed by atoms with Gasteiger partial charge in [-0.3, -0.25) is 4.74 Å². The molecule has 2 rings (SSSR count). The zero-order valence-corrected chi connectivity index (χ0v) is 8.58. The Morgan fingerprint density at radius 3 is 1.67 bits per heavy atom. The van der Waals surface area contributed by atoms with E-state index in [1.165, 1.54) is 0 Å². The zero-order valence-electron chi connectivity index (χ0n) is 8.58. The Labute approximate surface area is 87.6 Å². The molecule has 0 bridgehead atoms.